The molecule has 1 heterocycles. The molecule has 1 aromatic carbocycles. The Kier molecular flexibility index (Phi) is 5.05. The average molecular weight is 339 g/mol. The Hall–Kier alpha value is -2.34. The van der Waals surface area contributed by atoms with E-state index >= 15 is 0 Å². The van der Waals surface area contributed by atoms with E-state index in [2.05, 4.69) is 10.3 Å². The number of carbonyl (C=O) groups excluding carboxylic acids is 2. The molecule has 122 valence electrons. The lowest BCUT2D eigenvalue weighted by Crippen LogP contribution is -2.07. The fourth-order valence-corrected chi connectivity index (χ4v) is 2.42. The van der Waals surface area contributed by atoms with Crippen LogP contribution in [0.3, 0.4) is 0 Å². The fourth-order valence-electron chi connectivity index (χ4n) is 2.06. The molecule has 0 bridgehead atoms. The predicted octanol–water partition coefficient (Wildman–Crippen LogP) is 4.24. The first-order chi connectivity index (χ1) is 10.8. The van der Waals surface area contributed by atoms with Gasteiger partial charge in [0.05, 0.1) is 17.3 Å². The largest absolute Gasteiger partial charge is 0.462 e. The van der Waals surface area contributed by atoms with E-state index in [-0.39, 0.29) is 40.2 Å². The van der Waals surface area contributed by atoms with Crippen LogP contribution in [-0.4, -0.2) is 23.3 Å². The number of esters is 1. The second kappa shape index (κ2) is 6.83. The van der Waals surface area contributed by atoms with Crippen LogP contribution in [0.1, 0.15) is 40.3 Å². The molecule has 0 atom stereocenters. The number of nitrogens with one attached hydrogen (secondary N) is 2. The minimum Gasteiger partial charge on any atom is -0.462 e. The van der Waals surface area contributed by atoms with Crippen molar-refractivity contribution in [3.8, 4) is 0 Å². The Morgan fingerprint density at radius 2 is 2.09 bits per heavy atom. The predicted molar refractivity (Wildman–Crippen MR) is 86.2 cm³/mol. The van der Waals surface area contributed by atoms with Crippen LogP contribution in [0.5, 0.6) is 0 Å². The summed E-state index contributed by atoms with van der Waals surface area (Å²) in [5, 5.41) is 2.71. The van der Waals surface area contributed by atoms with Gasteiger partial charge in [-0.05, 0) is 31.5 Å². The number of benzene rings is 1. The van der Waals surface area contributed by atoms with Gasteiger partial charge in [0.25, 0.3) is 0 Å². The monoisotopic (exact) mass is 338 g/mol. The molecular formula is C16H16ClFN2O3. The van der Waals surface area contributed by atoms with Gasteiger partial charge >= 0.3 is 5.97 Å². The van der Waals surface area contributed by atoms with E-state index in [4.69, 9.17) is 16.3 Å². The normalized spacial score (nSPS) is 10.5. The van der Waals surface area contributed by atoms with E-state index in [0.717, 1.165) is 5.56 Å². The van der Waals surface area contributed by atoms with Crippen LogP contribution in [0.2, 0.25) is 5.02 Å². The van der Waals surface area contributed by atoms with Crippen molar-refractivity contribution >= 4 is 34.9 Å². The second-order valence-corrected chi connectivity index (χ2v) is 5.33. The van der Waals surface area contributed by atoms with E-state index in [1.54, 1.807) is 19.9 Å². The van der Waals surface area contributed by atoms with Crippen LogP contribution in [0.15, 0.2) is 18.2 Å². The number of halogens is 2. The zero-order valence-electron chi connectivity index (χ0n) is 12.9. The van der Waals surface area contributed by atoms with Crippen molar-refractivity contribution in [2.75, 3.05) is 11.9 Å². The molecule has 0 saturated heterocycles. The van der Waals surface area contributed by atoms with Crippen LogP contribution in [0.25, 0.3) is 0 Å². The Balaban J connectivity index is 2.49. The van der Waals surface area contributed by atoms with Gasteiger partial charge in [-0.25, -0.2) is 9.18 Å². The first kappa shape index (κ1) is 17.0. The lowest BCUT2D eigenvalue weighted by atomic mass is 10.2. The van der Waals surface area contributed by atoms with Gasteiger partial charge < -0.3 is 15.0 Å². The van der Waals surface area contributed by atoms with Crippen molar-refractivity contribution in [1.82, 2.24) is 4.98 Å². The number of ketones is 1. The van der Waals surface area contributed by atoms with E-state index in [1.165, 1.54) is 19.1 Å². The number of anilines is 2. The summed E-state index contributed by atoms with van der Waals surface area (Å²) in [7, 11) is 0. The number of rotatable bonds is 5. The van der Waals surface area contributed by atoms with E-state index in [1.807, 2.05) is 0 Å². The summed E-state index contributed by atoms with van der Waals surface area (Å²) in [6.07, 6.45) is 0. The summed E-state index contributed by atoms with van der Waals surface area (Å²) in [6.45, 7) is 4.87. The van der Waals surface area contributed by atoms with Crippen molar-refractivity contribution in [2.24, 2.45) is 0 Å². The highest BCUT2D eigenvalue weighted by Crippen LogP contribution is 2.32. The van der Waals surface area contributed by atoms with Crippen LogP contribution < -0.4 is 5.32 Å². The third-order valence-corrected chi connectivity index (χ3v) is 3.53. The summed E-state index contributed by atoms with van der Waals surface area (Å²) in [4.78, 5) is 26.4. The minimum atomic E-state index is -0.698. The number of aromatic nitrogens is 1. The van der Waals surface area contributed by atoms with Gasteiger partial charge in [-0.1, -0.05) is 17.7 Å². The number of ether oxygens (including phenoxy) is 1. The molecule has 7 heteroatoms. The first-order valence-electron chi connectivity index (χ1n) is 6.97. The Labute approximate surface area is 137 Å². The molecule has 0 aliphatic rings. The maximum Gasteiger partial charge on any atom is 0.343 e. The quantitative estimate of drug-likeness (QED) is 0.632. The first-order valence-corrected chi connectivity index (χ1v) is 7.35. The molecule has 0 aliphatic heterocycles. The standard InChI is InChI=1S/C16H16ClFN2O3/c1-4-23-16(22)12-13(17)14(9(3)21)20-15(12)19-11-6-5-8(2)7-10(11)18/h5-7,19-20H,4H2,1-3H3. The molecule has 23 heavy (non-hydrogen) atoms. The second-order valence-electron chi connectivity index (χ2n) is 4.95. The highest BCUT2D eigenvalue weighted by molar-refractivity contribution is 6.37. The van der Waals surface area contributed by atoms with E-state index < -0.39 is 11.8 Å². The molecular weight excluding hydrogens is 323 g/mol. The van der Waals surface area contributed by atoms with Gasteiger partial charge in [-0.2, -0.15) is 0 Å². The third kappa shape index (κ3) is 3.53. The Bertz CT molecular complexity index is 771. The molecule has 1 aromatic heterocycles. The van der Waals surface area contributed by atoms with Crippen molar-refractivity contribution in [2.45, 2.75) is 20.8 Å². The van der Waals surface area contributed by atoms with Crippen molar-refractivity contribution in [3.05, 3.63) is 45.9 Å². The summed E-state index contributed by atoms with van der Waals surface area (Å²) in [6, 6.07) is 4.59. The van der Waals surface area contributed by atoms with Gasteiger partial charge in [0.2, 0.25) is 0 Å². The minimum absolute atomic E-state index is 0.0290. The van der Waals surface area contributed by atoms with Gasteiger partial charge in [-0.15, -0.1) is 0 Å². The summed E-state index contributed by atoms with van der Waals surface area (Å²) >= 11 is 6.10. The molecule has 0 amide bonds. The molecule has 5 nitrogen and oxygen atoms in total. The van der Waals surface area contributed by atoms with Crippen molar-refractivity contribution < 1.29 is 18.7 Å². The molecule has 0 spiro atoms. The molecule has 2 aromatic rings. The molecule has 0 unspecified atom stereocenters. The highest BCUT2D eigenvalue weighted by atomic mass is 35.5. The van der Waals surface area contributed by atoms with Crippen LogP contribution >= 0.6 is 11.6 Å². The van der Waals surface area contributed by atoms with Gasteiger partial charge in [0.1, 0.15) is 22.9 Å². The molecule has 0 fully saturated rings. The number of carbonyl (C=O) groups is 2. The number of hydrogen-bond donors (Lipinski definition) is 2. The number of Topliss-reactive ketones (excluding diaryl/α,β-unsaturated/α-hetero) is 1. The van der Waals surface area contributed by atoms with Gasteiger partial charge in [-0.3, -0.25) is 4.79 Å². The van der Waals surface area contributed by atoms with Crippen LogP contribution in [0, 0.1) is 12.7 Å². The topological polar surface area (TPSA) is 71.2 Å². The zero-order valence-corrected chi connectivity index (χ0v) is 13.7. The SMILES string of the molecule is CCOC(=O)c1c(Nc2ccc(C)cc2F)[nH]c(C(C)=O)c1Cl. The smallest absolute Gasteiger partial charge is 0.343 e. The molecule has 0 aliphatic carbocycles. The van der Waals surface area contributed by atoms with Gasteiger partial charge in [0.15, 0.2) is 5.78 Å². The lowest BCUT2D eigenvalue weighted by Gasteiger charge is -2.09. The third-order valence-electron chi connectivity index (χ3n) is 3.15. The van der Waals surface area contributed by atoms with Crippen LogP contribution in [0.4, 0.5) is 15.9 Å². The molecule has 2 rings (SSSR count). The fraction of sp³-hybridized carbons (Fsp3) is 0.250. The van der Waals surface area contributed by atoms with E-state index in [9.17, 15) is 14.0 Å². The van der Waals surface area contributed by atoms with E-state index in [0.29, 0.717) is 0 Å². The Morgan fingerprint density at radius 3 is 2.65 bits per heavy atom. The molecule has 0 radical (unpaired) electrons. The Morgan fingerprint density at radius 1 is 1.39 bits per heavy atom. The number of aromatic amines is 1. The van der Waals surface area contributed by atoms with Crippen LogP contribution in [-0.2, 0) is 4.74 Å². The van der Waals surface area contributed by atoms with Gasteiger partial charge in [0, 0.05) is 6.92 Å². The lowest BCUT2D eigenvalue weighted by molar-refractivity contribution is 0.0528. The molecule has 0 saturated carbocycles. The summed E-state index contributed by atoms with van der Waals surface area (Å²) in [5.41, 5.74) is 0.935. The highest BCUT2D eigenvalue weighted by Gasteiger charge is 2.25. The summed E-state index contributed by atoms with van der Waals surface area (Å²) < 4.78 is 18.9. The number of hydrogen-bond acceptors (Lipinski definition) is 4. The summed E-state index contributed by atoms with van der Waals surface area (Å²) in [5.74, 6) is -1.43. The number of aryl methyl sites for hydroxylation is 1. The van der Waals surface area contributed by atoms with Crippen molar-refractivity contribution in [1.29, 1.82) is 0 Å². The average Bonchev–Trinajstić information content (AvgIpc) is 2.79. The van der Waals surface area contributed by atoms with Crippen molar-refractivity contribution in [3.63, 3.8) is 0 Å². The zero-order chi connectivity index (χ0) is 17.1. The molecule has 2 N–H and O–H groups in total. The number of H-pyrrole nitrogens is 1. The maximum absolute atomic E-state index is 14.0. The maximum atomic E-state index is 14.0.